The normalized spacial score (nSPS) is 12.1. The Balaban J connectivity index is 3.16. The highest BCUT2D eigenvalue weighted by atomic mass is 16.1. The number of hydrogen-bond donors (Lipinski definition) is 0. The number of rotatable bonds is 5. The minimum Gasteiger partial charge on any atom is -0.300 e. The Morgan fingerprint density at radius 2 is 2.18 bits per heavy atom. The molecule has 0 aliphatic rings. The predicted octanol–water partition coefficient (Wildman–Crippen LogP) is 2.30. The molecule has 2 heteroatoms. The number of unbranched alkanes of at least 4 members (excludes halogenated alkanes) is 1. The van der Waals surface area contributed by atoms with E-state index in [1.54, 1.807) is 6.92 Å². The molecule has 0 fully saturated rings. The number of Topliss-reactive ketones (excluding diaryl/α,β-unsaturated/α-hetero) is 1. The summed E-state index contributed by atoms with van der Waals surface area (Å²) in [6.45, 7) is 3.52. The standard InChI is InChI=1S/C9H15NO/c1-8(7-10)5-3-4-6-9(2)11/h8H,3-6H2,1-2H3. The minimum atomic E-state index is 0.141. The van der Waals surface area contributed by atoms with Crippen molar-refractivity contribution in [3.63, 3.8) is 0 Å². The van der Waals surface area contributed by atoms with Crippen LogP contribution in [-0.4, -0.2) is 5.78 Å². The summed E-state index contributed by atoms with van der Waals surface area (Å²) in [4.78, 5) is 10.5. The molecular formula is C9H15NO. The molecule has 0 radical (unpaired) electrons. The van der Waals surface area contributed by atoms with Gasteiger partial charge in [0, 0.05) is 12.3 Å². The van der Waals surface area contributed by atoms with Gasteiger partial charge in [-0.25, -0.2) is 0 Å². The number of carbonyl (C=O) groups is 1. The number of nitriles is 1. The van der Waals surface area contributed by atoms with E-state index in [4.69, 9.17) is 5.26 Å². The van der Waals surface area contributed by atoms with Crippen LogP contribution in [0.2, 0.25) is 0 Å². The highest BCUT2D eigenvalue weighted by molar-refractivity contribution is 5.75. The highest BCUT2D eigenvalue weighted by Crippen LogP contribution is 2.07. The lowest BCUT2D eigenvalue weighted by molar-refractivity contribution is -0.117. The quantitative estimate of drug-likeness (QED) is 0.568. The number of hydrogen-bond acceptors (Lipinski definition) is 2. The molecule has 62 valence electrons. The highest BCUT2D eigenvalue weighted by Gasteiger charge is 1.99. The van der Waals surface area contributed by atoms with E-state index < -0.39 is 0 Å². The van der Waals surface area contributed by atoms with E-state index in [2.05, 4.69) is 6.07 Å². The second-order valence-electron chi connectivity index (χ2n) is 2.98. The Hall–Kier alpha value is -0.840. The molecule has 0 saturated heterocycles. The van der Waals surface area contributed by atoms with Gasteiger partial charge in [0.2, 0.25) is 0 Å². The molecule has 0 bridgehead atoms. The van der Waals surface area contributed by atoms with Crippen LogP contribution in [0.15, 0.2) is 0 Å². The van der Waals surface area contributed by atoms with E-state index in [-0.39, 0.29) is 11.7 Å². The number of ketones is 1. The van der Waals surface area contributed by atoms with Crippen molar-refractivity contribution in [1.82, 2.24) is 0 Å². The van der Waals surface area contributed by atoms with Crippen molar-refractivity contribution in [2.75, 3.05) is 0 Å². The van der Waals surface area contributed by atoms with E-state index in [1.165, 1.54) is 0 Å². The molecular weight excluding hydrogens is 138 g/mol. The molecule has 2 nitrogen and oxygen atoms in total. The van der Waals surface area contributed by atoms with Crippen molar-refractivity contribution in [2.45, 2.75) is 39.5 Å². The summed E-state index contributed by atoms with van der Waals surface area (Å²) in [6, 6.07) is 2.17. The zero-order valence-electron chi connectivity index (χ0n) is 7.26. The molecule has 1 atom stereocenters. The summed E-state index contributed by atoms with van der Waals surface area (Å²) in [6.07, 6.45) is 3.51. The van der Waals surface area contributed by atoms with Gasteiger partial charge in [0.1, 0.15) is 5.78 Å². The molecule has 0 aromatic rings. The van der Waals surface area contributed by atoms with Crippen LogP contribution in [0.25, 0.3) is 0 Å². The van der Waals surface area contributed by atoms with Crippen molar-refractivity contribution in [1.29, 1.82) is 5.26 Å². The summed E-state index contributed by atoms with van der Waals surface area (Å²) in [5, 5.41) is 8.43. The molecule has 0 amide bonds. The molecule has 0 N–H and O–H groups in total. The molecule has 1 unspecified atom stereocenters. The van der Waals surface area contributed by atoms with Gasteiger partial charge < -0.3 is 4.79 Å². The van der Waals surface area contributed by atoms with Crippen LogP contribution >= 0.6 is 0 Å². The second kappa shape index (κ2) is 5.91. The monoisotopic (exact) mass is 153 g/mol. The maximum atomic E-state index is 10.5. The maximum absolute atomic E-state index is 10.5. The first-order chi connectivity index (χ1) is 5.16. The van der Waals surface area contributed by atoms with Gasteiger partial charge in [0.05, 0.1) is 6.07 Å². The van der Waals surface area contributed by atoms with Crippen LogP contribution in [-0.2, 0) is 4.79 Å². The minimum absolute atomic E-state index is 0.141. The zero-order valence-corrected chi connectivity index (χ0v) is 7.26. The van der Waals surface area contributed by atoms with Crippen molar-refractivity contribution in [3.05, 3.63) is 0 Å². The molecule has 0 spiro atoms. The lowest BCUT2D eigenvalue weighted by Crippen LogP contribution is -1.93. The first-order valence-electron chi connectivity index (χ1n) is 4.06. The number of carbonyl (C=O) groups excluding carboxylic acids is 1. The molecule has 0 rings (SSSR count). The first-order valence-corrected chi connectivity index (χ1v) is 4.06. The van der Waals surface area contributed by atoms with Gasteiger partial charge in [-0.15, -0.1) is 0 Å². The lowest BCUT2D eigenvalue weighted by atomic mass is 10.0. The van der Waals surface area contributed by atoms with Gasteiger partial charge in [-0.3, -0.25) is 0 Å². The zero-order chi connectivity index (χ0) is 8.69. The predicted molar refractivity (Wildman–Crippen MR) is 43.9 cm³/mol. The lowest BCUT2D eigenvalue weighted by Gasteiger charge is -1.99. The Bertz CT molecular complexity index is 157. The van der Waals surface area contributed by atoms with Gasteiger partial charge in [-0.2, -0.15) is 5.26 Å². The summed E-state index contributed by atoms with van der Waals surface area (Å²) in [5.74, 6) is 0.386. The largest absolute Gasteiger partial charge is 0.300 e. The van der Waals surface area contributed by atoms with Gasteiger partial charge in [0.25, 0.3) is 0 Å². The third-order valence-corrected chi connectivity index (χ3v) is 1.64. The van der Waals surface area contributed by atoms with Gasteiger partial charge >= 0.3 is 0 Å². The van der Waals surface area contributed by atoms with E-state index in [9.17, 15) is 4.79 Å². The summed E-state index contributed by atoms with van der Waals surface area (Å²) >= 11 is 0. The van der Waals surface area contributed by atoms with E-state index in [1.807, 2.05) is 6.92 Å². The first kappa shape index (κ1) is 10.2. The van der Waals surface area contributed by atoms with E-state index >= 15 is 0 Å². The SMILES string of the molecule is CC(=O)CCCCC(C)C#N. The van der Waals surface area contributed by atoms with Crippen LogP contribution in [0.3, 0.4) is 0 Å². The average Bonchev–Trinajstić information content (AvgIpc) is 1.97. The van der Waals surface area contributed by atoms with Gasteiger partial charge in [-0.05, 0) is 26.7 Å². The van der Waals surface area contributed by atoms with E-state index in [0.717, 1.165) is 19.3 Å². The van der Waals surface area contributed by atoms with Crippen LogP contribution in [0.5, 0.6) is 0 Å². The Kier molecular flexibility index (Phi) is 5.46. The molecule has 0 aliphatic heterocycles. The smallest absolute Gasteiger partial charge is 0.129 e. The molecule has 0 heterocycles. The average molecular weight is 153 g/mol. The number of nitrogens with zero attached hydrogens (tertiary/aromatic N) is 1. The van der Waals surface area contributed by atoms with Crippen LogP contribution in [0.4, 0.5) is 0 Å². The fourth-order valence-electron chi connectivity index (χ4n) is 0.889. The van der Waals surface area contributed by atoms with E-state index in [0.29, 0.717) is 6.42 Å². The van der Waals surface area contributed by atoms with Crippen molar-refractivity contribution < 1.29 is 4.79 Å². The fourth-order valence-corrected chi connectivity index (χ4v) is 0.889. The third kappa shape index (κ3) is 7.05. The van der Waals surface area contributed by atoms with Crippen molar-refractivity contribution >= 4 is 5.78 Å². The van der Waals surface area contributed by atoms with Gasteiger partial charge in [-0.1, -0.05) is 6.42 Å². The Morgan fingerprint density at radius 3 is 2.64 bits per heavy atom. The molecule has 11 heavy (non-hydrogen) atoms. The molecule has 0 saturated carbocycles. The summed E-state index contributed by atoms with van der Waals surface area (Å²) < 4.78 is 0. The Morgan fingerprint density at radius 1 is 1.55 bits per heavy atom. The summed E-state index contributed by atoms with van der Waals surface area (Å²) in [5.41, 5.74) is 0. The second-order valence-corrected chi connectivity index (χ2v) is 2.98. The molecule has 0 aliphatic carbocycles. The fraction of sp³-hybridized carbons (Fsp3) is 0.778. The van der Waals surface area contributed by atoms with Gasteiger partial charge in [0.15, 0.2) is 0 Å². The van der Waals surface area contributed by atoms with Crippen molar-refractivity contribution in [3.8, 4) is 6.07 Å². The van der Waals surface area contributed by atoms with Crippen LogP contribution < -0.4 is 0 Å². The van der Waals surface area contributed by atoms with Crippen LogP contribution in [0, 0.1) is 17.2 Å². The molecule has 0 aromatic heterocycles. The van der Waals surface area contributed by atoms with Crippen LogP contribution in [0.1, 0.15) is 39.5 Å². The third-order valence-electron chi connectivity index (χ3n) is 1.64. The molecule has 0 aromatic carbocycles. The summed E-state index contributed by atoms with van der Waals surface area (Å²) in [7, 11) is 0. The topological polar surface area (TPSA) is 40.9 Å². The van der Waals surface area contributed by atoms with Crippen molar-refractivity contribution in [2.24, 2.45) is 5.92 Å². The maximum Gasteiger partial charge on any atom is 0.129 e. The Labute approximate surface area is 68.2 Å².